The van der Waals surface area contributed by atoms with Gasteiger partial charge in [-0.25, -0.2) is 4.79 Å². The Morgan fingerprint density at radius 3 is 2.54 bits per heavy atom. The first-order chi connectivity index (χ1) is 16.9. The van der Waals surface area contributed by atoms with Gasteiger partial charge in [0.25, 0.3) is 16.8 Å². The van der Waals surface area contributed by atoms with Gasteiger partial charge in [0, 0.05) is 12.1 Å². The molecule has 0 saturated carbocycles. The number of nitro groups is 1. The van der Waals surface area contributed by atoms with E-state index < -0.39 is 22.0 Å². The average molecular weight is 511 g/mol. The second-order valence-electron chi connectivity index (χ2n) is 7.20. The third-order valence-electron chi connectivity index (χ3n) is 4.85. The number of nitrogens with zero attached hydrogens (tertiary/aromatic N) is 2. The zero-order chi connectivity index (χ0) is 24.9. The standard InChI is InChI=1S/C24H18N2O7S2/c1-2-32-19-12-16(7-10-18(19)33-23(28)20-4-3-11-34-20)13-21-22(27)25(24(29)35-21)14-15-5-8-17(9-6-15)26(30)31/h3-13H,2,14H2,1H3/b21-13-. The molecule has 1 aromatic heterocycles. The molecule has 0 atom stereocenters. The van der Waals surface area contributed by atoms with E-state index in [0.717, 1.165) is 16.7 Å². The van der Waals surface area contributed by atoms with Crippen molar-refractivity contribution in [2.45, 2.75) is 13.5 Å². The molecule has 0 N–H and O–H groups in total. The number of hydrogen-bond acceptors (Lipinski definition) is 9. The number of hydrogen-bond donors (Lipinski definition) is 0. The fraction of sp³-hybridized carbons (Fsp3) is 0.125. The molecule has 1 saturated heterocycles. The molecule has 35 heavy (non-hydrogen) atoms. The summed E-state index contributed by atoms with van der Waals surface area (Å²) in [6.45, 7) is 2.13. The third-order valence-corrected chi connectivity index (χ3v) is 6.61. The summed E-state index contributed by atoms with van der Waals surface area (Å²) >= 11 is 2.07. The summed E-state index contributed by atoms with van der Waals surface area (Å²) < 4.78 is 11.1. The first-order valence-corrected chi connectivity index (χ1v) is 12.1. The quantitative estimate of drug-likeness (QED) is 0.128. The van der Waals surface area contributed by atoms with Gasteiger partial charge in [-0.2, -0.15) is 0 Å². The normalized spacial score (nSPS) is 14.4. The molecule has 0 bridgehead atoms. The van der Waals surface area contributed by atoms with Crippen molar-refractivity contribution in [1.82, 2.24) is 4.90 Å². The summed E-state index contributed by atoms with van der Waals surface area (Å²) in [7, 11) is 0. The van der Waals surface area contributed by atoms with Gasteiger partial charge in [-0.05, 0) is 59.5 Å². The Kier molecular flexibility index (Phi) is 7.28. The van der Waals surface area contributed by atoms with Crippen molar-refractivity contribution < 1.29 is 28.8 Å². The second-order valence-corrected chi connectivity index (χ2v) is 9.14. The highest BCUT2D eigenvalue weighted by Gasteiger charge is 2.35. The monoisotopic (exact) mass is 510 g/mol. The minimum Gasteiger partial charge on any atom is -0.490 e. The van der Waals surface area contributed by atoms with Gasteiger partial charge >= 0.3 is 5.97 Å². The summed E-state index contributed by atoms with van der Waals surface area (Å²) in [6.07, 6.45) is 1.56. The molecule has 2 amide bonds. The van der Waals surface area contributed by atoms with E-state index in [4.69, 9.17) is 9.47 Å². The van der Waals surface area contributed by atoms with Crippen molar-refractivity contribution in [2.75, 3.05) is 6.61 Å². The largest absolute Gasteiger partial charge is 0.490 e. The van der Waals surface area contributed by atoms with E-state index in [0.29, 0.717) is 28.4 Å². The molecule has 1 aliphatic rings. The lowest BCUT2D eigenvalue weighted by atomic mass is 10.1. The van der Waals surface area contributed by atoms with Gasteiger partial charge in [0.2, 0.25) is 0 Å². The van der Waals surface area contributed by atoms with Crippen LogP contribution in [0.25, 0.3) is 6.08 Å². The molecule has 0 unspecified atom stereocenters. The van der Waals surface area contributed by atoms with Crippen molar-refractivity contribution in [2.24, 2.45) is 0 Å². The fourth-order valence-corrected chi connectivity index (χ4v) is 4.64. The predicted octanol–water partition coefficient (Wildman–Crippen LogP) is 5.51. The SMILES string of the molecule is CCOc1cc(/C=C2\SC(=O)N(Cc3ccc([N+](=O)[O-])cc3)C2=O)ccc1OC(=O)c1cccs1. The van der Waals surface area contributed by atoms with Crippen LogP contribution in [0.2, 0.25) is 0 Å². The van der Waals surface area contributed by atoms with Crippen LogP contribution in [0.3, 0.4) is 0 Å². The van der Waals surface area contributed by atoms with E-state index in [-0.39, 0.29) is 22.9 Å². The van der Waals surface area contributed by atoms with Gasteiger partial charge in [0.15, 0.2) is 11.5 Å². The van der Waals surface area contributed by atoms with Crippen molar-refractivity contribution >= 4 is 52.0 Å². The number of carbonyl (C=O) groups is 3. The molecule has 1 fully saturated rings. The highest BCUT2D eigenvalue weighted by Crippen LogP contribution is 2.36. The molecule has 9 nitrogen and oxygen atoms in total. The van der Waals surface area contributed by atoms with E-state index in [1.807, 2.05) is 0 Å². The Hall–Kier alpha value is -3.96. The zero-order valence-corrected chi connectivity index (χ0v) is 20.0. The Balaban J connectivity index is 1.51. The summed E-state index contributed by atoms with van der Waals surface area (Å²) in [5.41, 5.74) is 1.11. The van der Waals surface area contributed by atoms with Crippen LogP contribution in [0.15, 0.2) is 64.9 Å². The Morgan fingerprint density at radius 2 is 1.89 bits per heavy atom. The number of imide groups is 1. The van der Waals surface area contributed by atoms with Crippen molar-refractivity contribution in [3.05, 3.63) is 91.0 Å². The third kappa shape index (κ3) is 5.58. The van der Waals surface area contributed by atoms with Gasteiger partial charge in [0.1, 0.15) is 4.88 Å². The molecular formula is C24H18N2O7S2. The van der Waals surface area contributed by atoms with Crippen LogP contribution in [0.5, 0.6) is 11.5 Å². The van der Waals surface area contributed by atoms with Gasteiger partial charge in [-0.1, -0.05) is 24.3 Å². The van der Waals surface area contributed by atoms with E-state index >= 15 is 0 Å². The Morgan fingerprint density at radius 1 is 1.11 bits per heavy atom. The fourth-order valence-electron chi connectivity index (χ4n) is 3.21. The number of thiophene rings is 1. The zero-order valence-electron chi connectivity index (χ0n) is 18.3. The summed E-state index contributed by atoms with van der Waals surface area (Å²) in [5, 5.41) is 12.1. The number of thioether (sulfide) groups is 1. The average Bonchev–Trinajstić information content (AvgIpc) is 3.46. The first kappa shape index (κ1) is 24.2. The molecule has 2 aromatic carbocycles. The molecule has 0 aliphatic carbocycles. The smallest absolute Gasteiger partial charge is 0.353 e. The number of nitro benzene ring substituents is 1. The highest BCUT2D eigenvalue weighted by atomic mass is 32.2. The minimum atomic E-state index is -0.516. The molecule has 178 valence electrons. The molecule has 2 heterocycles. The van der Waals surface area contributed by atoms with Crippen LogP contribution in [0, 0.1) is 10.1 Å². The topological polar surface area (TPSA) is 116 Å². The maximum Gasteiger partial charge on any atom is 0.353 e. The number of benzene rings is 2. The van der Waals surface area contributed by atoms with Crippen LogP contribution in [0.4, 0.5) is 10.5 Å². The van der Waals surface area contributed by atoms with Crippen molar-refractivity contribution in [1.29, 1.82) is 0 Å². The molecule has 4 rings (SSSR count). The molecular weight excluding hydrogens is 492 g/mol. The van der Waals surface area contributed by atoms with Gasteiger partial charge in [-0.15, -0.1) is 11.3 Å². The van der Waals surface area contributed by atoms with E-state index in [1.165, 1.54) is 35.6 Å². The van der Waals surface area contributed by atoms with Gasteiger partial charge in [-0.3, -0.25) is 24.6 Å². The molecule has 1 aliphatic heterocycles. The number of amides is 2. The van der Waals surface area contributed by atoms with Gasteiger partial charge in [0.05, 0.1) is 23.0 Å². The first-order valence-electron chi connectivity index (χ1n) is 10.4. The number of rotatable bonds is 8. The summed E-state index contributed by atoms with van der Waals surface area (Å²) in [4.78, 5) is 49.7. The molecule has 0 radical (unpaired) electrons. The maximum absolute atomic E-state index is 12.9. The van der Waals surface area contributed by atoms with Gasteiger partial charge < -0.3 is 9.47 Å². The van der Waals surface area contributed by atoms with E-state index in [1.54, 1.807) is 48.7 Å². The number of carbonyl (C=O) groups excluding carboxylic acids is 3. The lowest BCUT2D eigenvalue weighted by molar-refractivity contribution is -0.384. The van der Waals surface area contributed by atoms with Crippen molar-refractivity contribution in [3.8, 4) is 11.5 Å². The van der Waals surface area contributed by atoms with Crippen molar-refractivity contribution in [3.63, 3.8) is 0 Å². The molecule has 11 heteroatoms. The lowest BCUT2D eigenvalue weighted by Crippen LogP contribution is -2.27. The molecule has 3 aromatic rings. The predicted molar refractivity (Wildman–Crippen MR) is 131 cm³/mol. The summed E-state index contributed by atoms with van der Waals surface area (Å²) in [5.74, 6) is -0.393. The number of non-ortho nitro benzene ring substituents is 1. The van der Waals surface area contributed by atoms with Crippen LogP contribution in [0.1, 0.15) is 27.7 Å². The maximum atomic E-state index is 12.9. The molecule has 0 spiro atoms. The second kappa shape index (κ2) is 10.5. The van der Waals surface area contributed by atoms with Crippen LogP contribution in [-0.2, 0) is 11.3 Å². The van der Waals surface area contributed by atoms with Crippen LogP contribution in [-0.4, -0.2) is 33.5 Å². The van der Waals surface area contributed by atoms with Crippen LogP contribution >= 0.6 is 23.1 Å². The lowest BCUT2D eigenvalue weighted by Gasteiger charge is -2.12. The number of esters is 1. The Labute approximate surface area is 208 Å². The van der Waals surface area contributed by atoms with E-state index in [9.17, 15) is 24.5 Å². The van der Waals surface area contributed by atoms with Crippen LogP contribution < -0.4 is 9.47 Å². The minimum absolute atomic E-state index is 0.00179. The van der Waals surface area contributed by atoms with E-state index in [2.05, 4.69) is 0 Å². The highest BCUT2D eigenvalue weighted by molar-refractivity contribution is 8.18. The number of ether oxygens (including phenoxy) is 2. The Bertz CT molecular complexity index is 1320. The summed E-state index contributed by atoms with van der Waals surface area (Å²) in [6, 6.07) is 13.9.